The highest BCUT2D eigenvalue weighted by Gasteiger charge is 2.58. The molecular weight excluding hydrogens is 414 g/mol. The van der Waals surface area contributed by atoms with Gasteiger partial charge in [-0.05, 0) is 46.8 Å². The summed E-state index contributed by atoms with van der Waals surface area (Å²) in [5.74, 6) is 1.15. The van der Waals surface area contributed by atoms with Crippen molar-refractivity contribution in [1.29, 1.82) is 0 Å². The van der Waals surface area contributed by atoms with Gasteiger partial charge < -0.3 is 16.4 Å². The van der Waals surface area contributed by atoms with Gasteiger partial charge in [0.25, 0.3) is 0 Å². The van der Waals surface area contributed by atoms with E-state index in [2.05, 4.69) is 80.0 Å². The molecule has 0 radical (unpaired) electrons. The molecule has 1 aliphatic carbocycles. The summed E-state index contributed by atoms with van der Waals surface area (Å²) >= 11 is 1.60. The molecular formula is C26H35N5S. The van der Waals surface area contributed by atoms with Crippen LogP contribution in [0.15, 0.2) is 42.5 Å². The molecule has 32 heavy (non-hydrogen) atoms. The highest BCUT2D eigenvalue weighted by atomic mass is 32.1. The normalized spacial score (nSPS) is 21.8. The van der Waals surface area contributed by atoms with E-state index in [4.69, 9.17) is 15.8 Å². The van der Waals surface area contributed by atoms with Crippen molar-refractivity contribution in [3.05, 3.63) is 59.2 Å². The monoisotopic (exact) mass is 449 g/mol. The maximum Gasteiger partial charge on any atom is 0.150 e. The van der Waals surface area contributed by atoms with Crippen molar-refractivity contribution in [2.45, 2.75) is 50.6 Å². The van der Waals surface area contributed by atoms with E-state index >= 15 is 0 Å². The molecule has 6 heteroatoms. The number of rotatable bonds is 4. The number of piperazine rings is 1. The van der Waals surface area contributed by atoms with Crippen LogP contribution in [-0.4, -0.2) is 47.7 Å². The average molecular weight is 450 g/mol. The average Bonchev–Trinajstić information content (AvgIpc) is 3.25. The van der Waals surface area contributed by atoms with Crippen LogP contribution >= 0.6 is 11.5 Å². The smallest absolute Gasteiger partial charge is 0.150 e. The maximum absolute atomic E-state index is 6.67. The van der Waals surface area contributed by atoms with Crippen molar-refractivity contribution >= 4 is 27.4 Å². The van der Waals surface area contributed by atoms with Crippen molar-refractivity contribution in [2.24, 2.45) is 11.5 Å². The van der Waals surface area contributed by atoms with Crippen LogP contribution in [0, 0.1) is 0 Å². The molecule has 0 saturated carbocycles. The topological polar surface area (TPSA) is 71.4 Å². The van der Waals surface area contributed by atoms with Crippen molar-refractivity contribution in [1.82, 2.24) is 9.27 Å². The fourth-order valence-electron chi connectivity index (χ4n) is 5.61. The van der Waals surface area contributed by atoms with Crippen LogP contribution in [0.3, 0.4) is 0 Å². The second kappa shape index (κ2) is 7.52. The standard InChI is InChI=1S/C26H35N5S/c1-24(2)20-10-9-18(17-21(20)25(3,4)26(24,27)28)11-12-30-13-15-31(16-14-30)23-19-7-5-6-8-22(19)32-29-23/h5-10,17H,11-16,27-28H2,1-4H3. The Bertz CT molecular complexity index is 1140. The number of hydrogen-bond donors (Lipinski definition) is 2. The van der Waals surface area contributed by atoms with Crippen LogP contribution in [0.25, 0.3) is 10.1 Å². The van der Waals surface area contributed by atoms with E-state index in [0.717, 1.165) is 45.0 Å². The van der Waals surface area contributed by atoms with E-state index in [1.54, 1.807) is 11.5 Å². The third-order valence-electron chi connectivity index (χ3n) is 8.25. The first kappa shape index (κ1) is 21.8. The molecule has 2 aliphatic rings. The van der Waals surface area contributed by atoms with Crippen LogP contribution in [0.1, 0.15) is 44.4 Å². The quantitative estimate of drug-likeness (QED) is 0.592. The fraction of sp³-hybridized carbons (Fsp3) is 0.500. The molecule has 5 rings (SSSR count). The van der Waals surface area contributed by atoms with Gasteiger partial charge in [-0.3, -0.25) is 4.90 Å². The Morgan fingerprint density at radius 1 is 0.906 bits per heavy atom. The Labute approximate surface area is 195 Å². The second-order valence-electron chi connectivity index (χ2n) is 10.6. The lowest BCUT2D eigenvalue weighted by molar-refractivity contribution is 0.190. The third-order valence-corrected chi connectivity index (χ3v) is 9.06. The summed E-state index contributed by atoms with van der Waals surface area (Å²) in [6, 6.07) is 15.4. The molecule has 1 aliphatic heterocycles. The van der Waals surface area contributed by atoms with E-state index in [9.17, 15) is 0 Å². The first-order chi connectivity index (χ1) is 15.1. The van der Waals surface area contributed by atoms with Gasteiger partial charge in [0.15, 0.2) is 0 Å². The number of fused-ring (bicyclic) bond motifs is 2. The molecule has 2 aromatic carbocycles. The van der Waals surface area contributed by atoms with Crippen molar-refractivity contribution in [3.63, 3.8) is 0 Å². The van der Waals surface area contributed by atoms with Gasteiger partial charge in [0.05, 0.1) is 10.4 Å². The Morgan fingerprint density at radius 3 is 2.34 bits per heavy atom. The largest absolute Gasteiger partial charge is 0.353 e. The van der Waals surface area contributed by atoms with Crippen LogP contribution in [0.2, 0.25) is 0 Å². The number of anilines is 1. The zero-order valence-electron chi connectivity index (χ0n) is 19.7. The lowest BCUT2D eigenvalue weighted by atomic mass is 9.70. The summed E-state index contributed by atoms with van der Waals surface area (Å²) < 4.78 is 6.01. The summed E-state index contributed by atoms with van der Waals surface area (Å²) in [5, 5.41) is 1.28. The van der Waals surface area contributed by atoms with Gasteiger partial charge in [-0.2, -0.15) is 4.37 Å². The van der Waals surface area contributed by atoms with Gasteiger partial charge in [0.2, 0.25) is 0 Å². The minimum absolute atomic E-state index is 0.249. The molecule has 0 spiro atoms. The highest BCUT2D eigenvalue weighted by Crippen LogP contribution is 2.52. The lowest BCUT2D eigenvalue weighted by Gasteiger charge is -2.43. The van der Waals surface area contributed by atoms with Crippen LogP contribution in [0.4, 0.5) is 5.82 Å². The SMILES string of the molecule is CC1(C)c2ccc(CCN3CCN(c4nsc5ccccc45)CC3)cc2C(C)(C)C1(N)N. The van der Waals surface area contributed by atoms with E-state index in [-0.39, 0.29) is 10.8 Å². The number of benzene rings is 2. The van der Waals surface area contributed by atoms with E-state index < -0.39 is 5.66 Å². The van der Waals surface area contributed by atoms with Gasteiger partial charge in [-0.1, -0.05) is 58.0 Å². The van der Waals surface area contributed by atoms with Crippen molar-refractivity contribution in [2.75, 3.05) is 37.6 Å². The molecule has 170 valence electrons. The zero-order valence-corrected chi connectivity index (χ0v) is 20.5. The van der Waals surface area contributed by atoms with Gasteiger partial charge >= 0.3 is 0 Å². The Kier molecular flexibility index (Phi) is 5.13. The molecule has 0 atom stereocenters. The predicted molar refractivity (Wildman–Crippen MR) is 136 cm³/mol. The van der Waals surface area contributed by atoms with Crippen LogP contribution in [0.5, 0.6) is 0 Å². The van der Waals surface area contributed by atoms with Crippen LogP contribution < -0.4 is 16.4 Å². The number of hydrogen-bond acceptors (Lipinski definition) is 6. The molecule has 0 unspecified atom stereocenters. The summed E-state index contributed by atoms with van der Waals surface area (Å²) in [6.07, 6.45) is 1.05. The molecule has 2 heterocycles. The summed E-state index contributed by atoms with van der Waals surface area (Å²) in [7, 11) is 0. The summed E-state index contributed by atoms with van der Waals surface area (Å²) in [6.45, 7) is 14.0. The Morgan fingerprint density at radius 2 is 1.59 bits per heavy atom. The summed E-state index contributed by atoms with van der Waals surface area (Å²) in [4.78, 5) is 5.01. The van der Waals surface area contributed by atoms with Crippen molar-refractivity contribution < 1.29 is 0 Å². The van der Waals surface area contributed by atoms with E-state index in [1.165, 1.54) is 26.8 Å². The molecule has 4 N–H and O–H groups in total. The predicted octanol–water partition coefficient (Wildman–Crippen LogP) is 3.84. The minimum atomic E-state index is -0.767. The maximum atomic E-state index is 6.67. The van der Waals surface area contributed by atoms with Gasteiger partial charge in [0, 0.05) is 48.9 Å². The first-order valence-electron chi connectivity index (χ1n) is 11.7. The highest BCUT2D eigenvalue weighted by molar-refractivity contribution is 7.13. The molecule has 0 bridgehead atoms. The van der Waals surface area contributed by atoms with Gasteiger partial charge in [0.1, 0.15) is 5.82 Å². The first-order valence-corrected chi connectivity index (χ1v) is 12.4. The van der Waals surface area contributed by atoms with Crippen molar-refractivity contribution in [3.8, 4) is 0 Å². The molecule has 1 fully saturated rings. The molecule has 3 aromatic rings. The fourth-order valence-corrected chi connectivity index (χ4v) is 6.40. The number of nitrogens with two attached hydrogens (primary N) is 2. The van der Waals surface area contributed by atoms with Crippen LogP contribution in [-0.2, 0) is 17.3 Å². The molecule has 1 saturated heterocycles. The van der Waals surface area contributed by atoms with E-state index in [1.807, 2.05) is 0 Å². The zero-order chi connectivity index (χ0) is 22.7. The molecule has 0 amide bonds. The number of aromatic nitrogens is 1. The van der Waals surface area contributed by atoms with E-state index in [0.29, 0.717) is 0 Å². The lowest BCUT2D eigenvalue weighted by Crippen LogP contribution is -2.68. The Balaban J connectivity index is 1.24. The molecule has 5 nitrogen and oxygen atoms in total. The number of nitrogens with zero attached hydrogens (tertiary/aromatic N) is 3. The summed E-state index contributed by atoms with van der Waals surface area (Å²) in [5.41, 5.74) is 16.0. The van der Waals surface area contributed by atoms with Gasteiger partial charge in [-0.15, -0.1) is 0 Å². The molecule has 1 aromatic heterocycles. The minimum Gasteiger partial charge on any atom is -0.353 e. The Hall–Kier alpha value is -1.99. The third kappa shape index (κ3) is 3.19. The van der Waals surface area contributed by atoms with Gasteiger partial charge in [-0.25, -0.2) is 0 Å². The second-order valence-corrected chi connectivity index (χ2v) is 11.4.